The number of hydrogen-bond donors (Lipinski definition) is 1. The van der Waals surface area contributed by atoms with E-state index in [1.807, 2.05) is 91.9 Å². The highest BCUT2D eigenvalue weighted by Crippen LogP contribution is 2.64. The van der Waals surface area contributed by atoms with Crippen molar-refractivity contribution < 1.29 is 24.2 Å². The van der Waals surface area contributed by atoms with E-state index in [1.54, 1.807) is 26.6 Å². The SMILES string of the molecule is C=CCN(Cn1nnc2ccccc21)C(=O)C1N([C@@H](CO)Cc2ccccc2)C(=O)[C@@H]2[C@@H](C(=O)N(CC=C)c3ccccc3)[C@@]3(C)CCC12O3. The van der Waals surface area contributed by atoms with Gasteiger partial charge in [0.15, 0.2) is 0 Å². The van der Waals surface area contributed by atoms with E-state index in [9.17, 15) is 9.90 Å². The number of carbonyl (C=O) groups excluding carboxylic acids is 3. The molecule has 1 spiro atoms. The van der Waals surface area contributed by atoms with E-state index in [0.29, 0.717) is 30.5 Å². The van der Waals surface area contributed by atoms with E-state index in [4.69, 9.17) is 4.74 Å². The van der Waals surface area contributed by atoms with Crippen LogP contribution in [-0.2, 0) is 32.2 Å². The second kappa shape index (κ2) is 13.3. The Morgan fingerprint density at radius 3 is 2.36 bits per heavy atom. The molecule has 50 heavy (non-hydrogen) atoms. The maximum atomic E-state index is 15.1. The second-order valence-corrected chi connectivity index (χ2v) is 13.6. The number of para-hydroxylation sites is 2. The summed E-state index contributed by atoms with van der Waals surface area (Å²) < 4.78 is 8.60. The topological polar surface area (TPSA) is 121 Å². The number of aliphatic hydroxyl groups is 1. The summed E-state index contributed by atoms with van der Waals surface area (Å²) in [6.07, 6.45) is 4.50. The van der Waals surface area contributed by atoms with Crippen LogP contribution in [0.3, 0.4) is 0 Å². The van der Waals surface area contributed by atoms with E-state index in [2.05, 4.69) is 23.5 Å². The number of benzene rings is 3. The van der Waals surface area contributed by atoms with Gasteiger partial charge in [0.05, 0.1) is 35.6 Å². The molecule has 7 rings (SSSR count). The van der Waals surface area contributed by atoms with Gasteiger partial charge < -0.3 is 24.5 Å². The molecule has 1 aromatic heterocycles. The Labute approximate surface area is 291 Å². The van der Waals surface area contributed by atoms with Crippen molar-refractivity contribution in [2.24, 2.45) is 11.8 Å². The minimum atomic E-state index is -1.30. The van der Waals surface area contributed by atoms with Gasteiger partial charge in [-0.2, -0.15) is 0 Å². The summed E-state index contributed by atoms with van der Waals surface area (Å²) >= 11 is 0. The van der Waals surface area contributed by atoms with Gasteiger partial charge in [-0.15, -0.1) is 18.3 Å². The molecule has 4 aromatic rings. The number of hydrogen-bond acceptors (Lipinski definition) is 7. The molecule has 2 bridgehead atoms. The van der Waals surface area contributed by atoms with Crippen molar-refractivity contribution in [3.8, 4) is 0 Å². The van der Waals surface area contributed by atoms with Crippen LogP contribution in [-0.4, -0.2) is 90.6 Å². The van der Waals surface area contributed by atoms with Crippen LogP contribution in [0.4, 0.5) is 5.69 Å². The monoisotopic (exact) mass is 674 g/mol. The van der Waals surface area contributed by atoms with E-state index < -0.39 is 35.1 Å². The molecule has 258 valence electrons. The number of ether oxygens (including phenoxy) is 1. The molecule has 3 amide bonds. The fourth-order valence-corrected chi connectivity index (χ4v) is 8.51. The normalized spacial score (nSPS) is 25.8. The second-order valence-electron chi connectivity index (χ2n) is 13.6. The molecule has 1 N–H and O–H groups in total. The lowest BCUT2D eigenvalue weighted by molar-refractivity contribution is -0.155. The van der Waals surface area contributed by atoms with Crippen molar-refractivity contribution in [2.45, 2.75) is 56.1 Å². The molecule has 0 radical (unpaired) electrons. The number of nitrogens with zero attached hydrogens (tertiary/aromatic N) is 6. The molecular formula is C39H42N6O5. The number of fused-ring (bicyclic) bond motifs is 2. The Bertz CT molecular complexity index is 1920. The zero-order valence-electron chi connectivity index (χ0n) is 28.2. The first kappa shape index (κ1) is 33.4. The largest absolute Gasteiger partial charge is 0.394 e. The summed E-state index contributed by atoms with van der Waals surface area (Å²) in [5.74, 6) is -2.80. The molecule has 11 nitrogen and oxygen atoms in total. The first-order valence-electron chi connectivity index (χ1n) is 17.1. The van der Waals surface area contributed by atoms with Crippen LogP contribution in [0.25, 0.3) is 11.0 Å². The van der Waals surface area contributed by atoms with Gasteiger partial charge in [-0.25, -0.2) is 4.68 Å². The molecule has 3 aliphatic heterocycles. The number of likely N-dealkylation sites (tertiary alicyclic amines) is 1. The molecule has 3 aliphatic rings. The van der Waals surface area contributed by atoms with Crippen LogP contribution in [0.2, 0.25) is 0 Å². The van der Waals surface area contributed by atoms with E-state index in [1.165, 1.54) is 4.90 Å². The first-order chi connectivity index (χ1) is 24.3. The van der Waals surface area contributed by atoms with Crippen molar-refractivity contribution in [1.29, 1.82) is 0 Å². The fraction of sp³-hybridized carbons (Fsp3) is 0.359. The van der Waals surface area contributed by atoms with Crippen molar-refractivity contribution in [2.75, 3.05) is 24.6 Å². The third kappa shape index (κ3) is 5.41. The average Bonchev–Trinajstić information content (AvgIpc) is 3.85. The number of aromatic nitrogens is 3. The summed E-state index contributed by atoms with van der Waals surface area (Å²) in [7, 11) is 0. The standard InChI is InChI=1S/C39H42N6O5/c1-4-22-42(26-44-31-19-13-12-18-30(31)40-41-44)37(49)34-39-21-20-38(3,50-39)32(35(47)43(23-5-2)28-16-10-7-11-17-28)33(39)36(48)45(34)29(25-46)24-27-14-8-6-9-15-27/h4-19,29,32-34,46H,1-2,20-26H2,3H3/t29-,32+,33+,34?,38-,39?/m1/s1. The zero-order valence-corrected chi connectivity index (χ0v) is 28.2. The summed E-state index contributed by atoms with van der Waals surface area (Å²) in [5, 5.41) is 19.5. The number of aliphatic hydroxyl groups excluding tert-OH is 1. The lowest BCUT2D eigenvalue weighted by Gasteiger charge is -2.39. The predicted molar refractivity (Wildman–Crippen MR) is 189 cm³/mol. The van der Waals surface area contributed by atoms with Gasteiger partial charge in [0.25, 0.3) is 0 Å². The van der Waals surface area contributed by atoms with Crippen LogP contribution < -0.4 is 4.90 Å². The Hall–Kier alpha value is -5.13. The molecule has 4 heterocycles. The fourth-order valence-electron chi connectivity index (χ4n) is 8.51. The van der Waals surface area contributed by atoms with Crippen LogP contribution in [0.5, 0.6) is 0 Å². The Balaban J connectivity index is 1.32. The minimum Gasteiger partial charge on any atom is -0.394 e. The average molecular weight is 675 g/mol. The van der Waals surface area contributed by atoms with E-state index in [-0.39, 0.29) is 44.1 Å². The van der Waals surface area contributed by atoms with Crippen molar-refractivity contribution in [3.05, 3.63) is 116 Å². The van der Waals surface area contributed by atoms with Gasteiger partial charge in [-0.3, -0.25) is 14.4 Å². The Morgan fingerprint density at radius 2 is 1.66 bits per heavy atom. The highest BCUT2D eigenvalue weighted by Gasteiger charge is 2.79. The third-order valence-corrected chi connectivity index (χ3v) is 10.7. The number of carbonyl (C=O) groups is 3. The molecule has 11 heteroatoms. The van der Waals surface area contributed by atoms with Crippen molar-refractivity contribution in [1.82, 2.24) is 24.8 Å². The Kier molecular flexibility index (Phi) is 8.87. The van der Waals surface area contributed by atoms with Crippen LogP contribution in [0.1, 0.15) is 25.3 Å². The Morgan fingerprint density at radius 1 is 0.980 bits per heavy atom. The lowest BCUT2D eigenvalue weighted by atomic mass is 9.66. The smallest absolute Gasteiger partial charge is 0.250 e. The lowest BCUT2D eigenvalue weighted by Crippen LogP contribution is -2.59. The third-order valence-electron chi connectivity index (χ3n) is 10.7. The van der Waals surface area contributed by atoms with Gasteiger partial charge in [-0.05, 0) is 56.0 Å². The van der Waals surface area contributed by atoms with Crippen molar-refractivity contribution in [3.63, 3.8) is 0 Å². The quantitative estimate of drug-likeness (QED) is 0.213. The first-order valence-corrected chi connectivity index (χ1v) is 17.1. The van der Waals surface area contributed by atoms with Crippen LogP contribution in [0, 0.1) is 11.8 Å². The molecule has 3 saturated heterocycles. The van der Waals surface area contributed by atoms with Gasteiger partial charge in [-0.1, -0.05) is 78.0 Å². The molecule has 6 atom stereocenters. The molecular weight excluding hydrogens is 632 g/mol. The van der Waals surface area contributed by atoms with E-state index >= 15 is 9.59 Å². The van der Waals surface area contributed by atoms with Gasteiger partial charge in [0, 0.05) is 18.8 Å². The highest BCUT2D eigenvalue weighted by atomic mass is 16.5. The maximum Gasteiger partial charge on any atom is 0.250 e. The van der Waals surface area contributed by atoms with Gasteiger partial charge in [0.1, 0.15) is 23.8 Å². The molecule has 3 aromatic carbocycles. The van der Waals surface area contributed by atoms with Crippen LogP contribution in [0.15, 0.2) is 110 Å². The molecule has 3 fully saturated rings. The predicted octanol–water partition coefficient (Wildman–Crippen LogP) is 3.99. The molecule has 2 unspecified atom stereocenters. The highest BCUT2D eigenvalue weighted by molar-refractivity contribution is 6.03. The molecule has 0 aliphatic carbocycles. The number of anilines is 1. The van der Waals surface area contributed by atoms with Gasteiger partial charge in [0.2, 0.25) is 17.7 Å². The van der Waals surface area contributed by atoms with Crippen LogP contribution >= 0.6 is 0 Å². The number of rotatable bonds is 13. The van der Waals surface area contributed by atoms with Gasteiger partial charge >= 0.3 is 0 Å². The van der Waals surface area contributed by atoms with E-state index in [0.717, 1.165) is 11.1 Å². The summed E-state index contributed by atoms with van der Waals surface area (Å²) in [6, 6.07) is 24.5. The summed E-state index contributed by atoms with van der Waals surface area (Å²) in [6.45, 7) is 9.76. The minimum absolute atomic E-state index is 0.0495. The summed E-state index contributed by atoms with van der Waals surface area (Å²) in [5.41, 5.74) is 0.739. The maximum absolute atomic E-state index is 15.1. The summed E-state index contributed by atoms with van der Waals surface area (Å²) in [4.78, 5) is 49.7. The zero-order chi connectivity index (χ0) is 35.0. The number of amides is 3. The van der Waals surface area contributed by atoms with Crippen molar-refractivity contribution >= 4 is 34.4 Å². The molecule has 0 saturated carbocycles.